The number of aromatic nitrogens is 4. The number of benzene rings is 1. The Hall–Kier alpha value is -1.83. The van der Waals surface area contributed by atoms with E-state index in [9.17, 15) is 4.39 Å². The lowest BCUT2D eigenvalue weighted by Crippen LogP contribution is -1.97. The van der Waals surface area contributed by atoms with Crippen LogP contribution in [0.2, 0.25) is 0 Å². The molecule has 8 heteroatoms. The molecule has 0 fully saturated rings. The van der Waals surface area contributed by atoms with Crippen molar-refractivity contribution in [2.45, 2.75) is 10.1 Å². The lowest BCUT2D eigenvalue weighted by Gasteiger charge is -2.07. The number of rotatable bonds is 3. The maximum atomic E-state index is 13.3. The number of ether oxygens (including phenoxy) is 1. The third-order valence-electron chi connectivity index (χ3n) is 2.07. The van der Waals surface area contributed by atoms with E-state index in [-0.39, 0.29) is 5.75 Å². The van der Waals surface area contributed by atoms with E-state index >= 15 is 0 Å². The van der Waals surface area contributed by atoms with Gasteiger partial charge in [-0.25, -0.2) is 9.07 Å². The van der Waals surface area contributed by atoms with Gasteiger partial charge in [-0.05, 0) is 28.3 Å². The largest absolute Gasteiger partial charge is 0.494 e. The predicted molar refractivity (Wildman–Crippen MR) is 60.3 cm³/mol. The number of nitrogens with two attached hydrogens (primary N) is 1. The van der Waals surface area contributed by atoms with E-state index in [0.29, 0.717) is 15.7 Å². The van der Waals surface area contributed by atoms with Crippen molar-refractivity contribution in [3.63, 3.8) is 0 Å². The highest BCUT2D eigenvalue weighted by atomic mass is 32.2. The Kier molecular flexibility index (Phi) is 3.14. The minimum absolute atomic E-state index is 0.136. The highest BCUT2D eigenvalue weighted by molar-refractivity contribution is 7.99. The summed E-state index contributed by atoms with van der Waals surface area (Å²) in [4.78, 5) is 0.640. The van der Waals surface area contributed by atoms with Gasteiger partial charge in [0, 0.05) is 23.7 Å². The number of anilines is 1. The van der Waals surface area contributed by atoms with Crippen LogP contribution in [0.5, 0.6) is 5.75 Å². The highest BCUT2D eigenvalue weighted by Gasteiger charge is 2.12. The van der Waals surface area contributed by atoms with Gasteiger partial charge in [0.25, 0.3) is 0 Å². The Morgan fingerprint density at radius 2 is 2.24 bits per heavy atom. The summed E-state index contributed by atoms with van der Waals surface area (Å²) in [5.41, 5.74) is 6.03. The fraction of sp³-hybridized carbons (Fsp3) is 0.222. The molecule has 1 aromatic carbocycles. The topological polar surface area (TPSA) is 78.9 Å². The predicted octanol–water partition coefficient (Wildman–Crippen LogP) is 1.09. The summed E-state index contributed by atoms with van der Waals surface area (Å²) >= 11 is 1.24. The SMILES string of the molecule is COc1cc(Sc2nnnn2C)c(N)cc1F. The summed E-state index contributed by atoms with van der Waals surface area (Å²) in [6, 6.07) is 2.73. The van der Waals surface area contributed by atoms with E-state index in [1.54, 1.807) is 7.05 Å². The second kappa shape index (κ2) is 4.58. The molecular weight excluding hydrogens is 245 g/mol. The van der Waals surface area contributed by atoms with E-state index in [4.69, 9.17) is 10.5 Å². The number of tetrazole rings is 1. The average Bonchev–Trinajstić information content (AvgIpc) is 2.68. The summed E-state index contributed by atoms with van der Waals surface area (Å²) in [5, 5.41) is 11.6. The molecule has 17 heavy (non-hydrogen) atoms. The van der Waals surface area contributed by atoms with Gasteiger partial charge in [-0.15, -0.1) is 5.10 Å². The molecule has 0 aliphatic carbocycles. The normalized spacial score (nSPS) is 10.5. The maximum Gasteiger partial charge on any atom is 0.213 e. The third kappa shape index (κ3) is 2.31. The number of hydrogen-bond acceptors (Lipinski definition) is 6. The molecule has 0 unspecified atom stereocenters. The van der Waals surface area contributed by atoms with Gasteiger partial charge in [0.2, 0.25) is 5.16 Å². The second-order valence-corrected chi connectivity index (χ2v) is 4.22. The highest BCUT2D eigenvalue weighted by Crippen LogP contribution is 2.34. The summed E-state index contributed by atoms with van der Waals surface area (Å²) in [5.74, 6) is -0.359. The second-order valence-electron chi connectivity index (χ2n) is 3.21. The van der Waals surface area contributed by atoms with Gasteiger partial charge in [0.15, 0.2) is 11.6 Å². The van der Waals surface area contributed by atoms with Crippen LogP contribution in [-0.4, -0.2) is 27.3 Å². The summed E-state index contributed by atoms with van der Waals surface area (Å²) < 4.78 is 19.7. The van der Waals surface area contributed by atoms with E-state index in [2.05, 4.69) is 15.5 Å². The van der Waals surface area contributed by atoms with Crippen molar-refractivity contribution in [2.24, 2.45) is 7.05 Å². The van der Waals surface area contributed by atoms with Crippen LogP contribution in [0.1, 0.15) is 0 Å². The molecule has 0 aliphatic rings. The van der Waals surface area contributed by atoms with E-state index in [1.165, 1.54) is 35.7 Å². The first kappa shape index (κ1) is 11.6. The third-order valence-corrected chi connectivity index (χ3v) is 3.17. The van der Waals surface area contributed by atoms with Gasteiger partial charge < -0.3 is 10.5 Å². The Balaban J connectivity index is 2.36. The van der Waals surface area contributed by atoms with Crippen LogP contribution in [-0.2, 0) is 7.05 Å². The molecule has 2 rings (SSSR count). The van der Waals surface area contributed by atoms with E-state index < -0.39 is 5.82 Å². The zero-order valence-corrected chi connectivity index (χ0v) is 10.0. The quantitative estimate of drug-likeness (QED) is 0.827. The number of nitrogens with zero attached hydrogens (tertiary/aromatic N) is 4. The van der Waals surface area contributed by atoms with Crippen molar-refractivity contribution < 1.29 is 9.13 Å². The van der Waals surface area contributed by atoms with Crippen LogP contribution < -0.4 is 10.5 Å². The molecular formula is C9H10FN5OS. The summed E-state index contributed by atoms with van der Waals surface area (Å²) in [7, 11) is 3.10. The van der Waals surface area contributed by atoms with Crippen molar-refractivity contribution in [1.29, 1.82) is 0 Å². The Bertz CT molecular complexity index is 544. The molecule has 90 valence electrons. The van der Waals surface area contributed by atoms with E-state index in [0.717, 1.165) is 0 Å². The molecule has 2 N–H and O–H groups in total. The van der Waals surface area contributed by atoms with Gasteiger partial charge in [0.1, 0.15) is 0 Å². The molecule has 1 heterocycles. The first-order chi connectivity index (χ1) is 8.11. The molecule has 0 amide bonds. The molecule has 0 spiro atoms. The van der Waals surface area contributed by atoms with Crippen LogP contribution in [0.25, 0.3) is 0 Å². The first-order valence-electron chi connectivity index (χ1n) is 4.65. The zero-order chi connectivity index (χ0) is 12.4. The minimum Gasteiger partial charge on any atom is -0.494 e. The van der Waals surface area contributed by atoms with Crippen LogP contribution in [0.4, 0.5) is 10.1 Å². The lowest BCUT2D eigenvalue weighted by molar-refractivity contribution is 0.385. The van der Waals surface area contributed by atoms with Crippen LogP contribution in [0, 0.1) is 5.82 Å². The summed E-state index contributed by atoms with van der Waals surface area (Å²) in [6.45, 7) is 0. The van der Waals surface area contributed by atoms with Gasteiger partial charge in [-0.2, -0.15) is 0 Å². The zero-order valence-electron chi connectivity index (χ0n) is 9.22. The van der Waals surface area contributed by atoms with Gasteiger partial charge >= 0.3 is 0 Å². The number of aryl methyl sites for hydroxylation is 1. The molecule has 0 bridgehead atoms. The van der Waals surface area contributed by atoms with Crippen LogP contribution >= 0.6 is 11.8 Å². The minimum atomic E-state index is -0.495. The van der Waals surface area contributed by atoms with Crippen molar-refractivity contribution >= 4 is 17.4 Å². The fourth-order valence-electron chi connectivity index (χ4n) is 1.20. The monoisotopic (exact) mass is 255 g/mol. The Labute approximate surface area is 101 Å². The molecule has 0 radical (unpaired) electrons. The molecule has 0 saturated carbocycles. The van der Waals surface area contributed by atoms with Crippen molar-refractivity contribution in [2.75, 3.05) is 12.8 Å². The van der Waals surface area contributed by atoms with Crippen molar-refractivity contribution in [1.82, 2.24) is 20.2 Å². The Morgan fingerprint density at radius 3 is 2.82 bits per heavy atom. The first-order valence-corrected chi connectivity index (χ1v) is 5.46. The van der Waals surface area contributed by atoms with Gasteiger partial charge in [-0.3, -0.25) is 0 Å². The van der Waals surface area contributed by atoms with Crippen LogP contribution in [0.3, 0.4) is 0 Å². The van der Waals surface area contributed by atoms with Crippen molar-refractivity contribution in [3.8, 4) is 5.75 Å². The maximum absolute atomic E-state index is 13.3. The molecule has 0 atom stereocenters. The average molecular weight is 255 g/mol. The number of nitrogen functional groups attached to an aromatic ring is 1. The summed E-state index contributed by atoms with van der Waals surface area (Å²) in [6.07, 6.45) is 0. The van der Waals surface area contributed by atoms with Crippen molar-refractivity contribution in [3.05, 3.63) is 17.9 Å². The molecule has 1 aromatic heterocycles. The molecule has 0 saturated heterocycles. The van der Waals surface area contributed by atoms with E-state index in [1.807, 2.05) is 0 Å². The molecule has 6 nitrogen and oxygen atoms in total. The number of hydrogen-bond donors (Lipinski definition) is 1. The lowest BCUT2D eigenvalue weighted by atomic mass is 10.3. The number of halogens is 1. The number of methoxy groups -OCH3 is 1. The molecule has 0 aliphatic heterocycles. The van der Waals surface area contributed by atoms with Crippen LogP contribution in [0.15, 0.2) is 22.2 Å². The smallest absolute Gasteiger partial charge is 0.213 e. The fourth-order valence-corrected chi connectivity index (χ4v) is 1.99. The van der Waals surface area contributed by atoms with Gasteiger partial charge in [-0.1, -0.05) is 0 Å². The standard InChI is InChI=1S/C9H10FN5OS/c1-15-9(12-13-14-15)17-8-4-7(16-2)5(10)3-6(8)11/h3-4H,11H2,1-2H3. The van der Waals surface area contributed by atoms with Gasteiger partial charge in [0.05, 0.1) is 7.11 Å². The Morgan fingerprint density at radius 1 is 1.47 bits per heavy atom. The molecule has 2 aromatic rings.